The number of nitrogens with zero attached hydrogens (tertiary/aromatic N) is 3. The number of fused-ring (bicyclic) bond motifs is 1. The summed E-state index contributed by atoms with van der Waals surface area (Å²) in [5, 5.41) is 2.83. The van der Waals surface area contributed by atoms with Crippen LogP contribution in [0.5, 0.6) is 0 Å². The third-order valence-electron chi connectivity index (χ3n) is 5.27. The molecule has 2 atom stereocenters. The Morgan fingerprint density at radius 1 is 1.26 bits per heavy atom. The van der Waals surface area contributed by atoms with Gasteiger partial charge in [0.1, 0.15) is 17.6 Å². The molecule has 2 fully saturated rings. The number of rotatable bonds is 4. The third kappa shape index (κ3) is 4.15. The molecule has 1 aromatic heterocycles. The molecule has 0 saturated carbocycles. The second-order valence-electron chi connectivity index (χ2n) is 7.37. The molecule has 148 valence electrons. The van der Waals surface area contributed by atoms with Gasteiger partial charge in [0.2, 0.25) is 0 Å². The topological polar surface area (TPSA) is 97.1 Å². The second kappa shape index (κ2) is 7.95. The Balaban J connectivity index is 1.33. The van der Waals surface area contributed by atoms with Crippen molar-refractivity contribution in [3.05, 3.63) is 17.3 Å². The predicted octanol–water partition coefficient (Wildman–Crippen LogP) is -0.201. The van der Waals surface area contributed by atoms with Crippen LogP contribution in [0, 0.1) is 0 Å². The van der Waals surface area contributed by atoms with Gasteiger partial charge >= 0.3 is 5.91 Å². The molecule has 0 aliphatic carbocycles. The molecule has 3 aliphatic rings. The van der Waals surface area contributed by atoms with Crippen LogP contribution < -0.4 is 5.32 Å². The Bertz CT molecular complexity index is 700. The highest BCUT2D eigenvalue weighted by atomic mass is 16.5. The normalized spacial score (nSPS) is 26.0. The average Bonchev–Trinajstić information content (AvgIpc) is 3.34. The number of hydrogen-bond acceptors (Lipinski definition) is 7. The van der Waals surface area contributed by atoms with E-state index in [0.717, 1.165) is 25.9 Å². The fourth-order valence-corrected chi connectivity index (χ4v) is 3.73. The van der Waals surface area contributed by atoms with E-state index in [1.807, 2.05) is 7.05 Å². The lowest BCUT2D eigenvalue weighted by atomic mass is 10.1. The van der Waals surface area contributed by atoms with Crippen molar-refractivity contribution in [1.29, 1.82) is 0 Å². The van der Waals surface area contributed by atoms with Crippen LogP contribution in [0.1, 0.15) is 35.0 Å². The van der Waals surface area contributed by atoms with Crippen LogP contribution in [-0.4, -0.2) is 85.2 Å². The zero-order valence-electron chi connectivity index (χ0n) is 15.6. The van der Waals surface area contributed by atoms with Crippen LogP contribution in [0.3, 0.4) is 0 Å². The number of oxazole rings is 1. The maximum Gasteiger partial charge on any atom is 0.307 e. The van der Waals surface area contributed by atoms with Gasteiger partial charge in [0.05, 0.1) is 19.3 Å². The number of amides is 2. The zero-order chi connectivity index (χ0) is 18.8. The first-order valence-electron chi connectivity index (χ1n) is 9.57. The van der Waals surface area contributed by atoms with Gasteiger partial charge in [-0.15, -0.1) is 0 Å². The van der Waals surface area contributed by atoms with Crippen LogP contribution in [0.2, 0.25) is 0 Å². The highest BCUT2D eigenvalue weighted by Crippen LogP contribution is 2.23. The molecule has 27 heavy (non-hydrogen) atoms. The highest BCUT2D eigenvalue weighted by molar-refractivity contribution is 5.89. The van der Waals surface area contributed by atoms with Crippen molar-refractivity contribution in [3.8, 4) is 0 Å². The summed E-state index contributed by atoms with van der Waals surface area (Å²) >= 11 is 0. The molecule has 1 aromatic rings. The van der Waals surface area contributed by atoms with E-state index in [1.165, 1.54) is 0 Å². The first-order chi connectivity index (χ1) is 13.1. The Morgan fingerprint density at radius 3 is 2.93 bits per heavy atom. The minimum Gasteiger partial charge on any atom is -0.437 e. The van der Waals surface area contributed by atoms with Crippen LogP contribution >= 0.6 is 0 Å². The molecule has 4 heterocycles. The van der Waals surface area contributed by atoms with Crippen LogP contribution in [0.15, 0.2) is 4.42 Å². The van der Waals surface area contributed by atoms with Crippen LogP contribution in [0.4, 0.5) is 0 Å². The van der Waals surface area contributed by atoms with Crippen LogP contribution in [0.25, 0.3) is 0 Å². The number of morpholine rings is 1. The van der Waals surface area contributed by atoms with E-state index in [9.17, 15) is 9.59 Å². The molecule has 0 radical (unpaired) electrons. The van der Waals surface area contributed by atoms with Gasteiger partial charge in [-0.1, -0.05) is 0 Å². The van der Waals surface area contributed by atoms with E-state index >= 15 is 0 Å². The van der Waals surface area contributed by atoms with Gasteiger partial charge in [-0.05, 0) is 19.9 Å². The molecular weight excluding hydrogens is 352 g/mol. The van der Waals surface area contributed by atoms with Crippen molar-refractivity contribution in [1.82, 2.24) is 20.1 Å². The highest BCUT2D eigenvalue weighted by Gasteiger charge is 2.33. The Kier molecular flexibility index (Phi) is 5.42. The van der Waals surface area contributed by atoms with Gasteiger partial charge in [0.15, 0.2) is 0 Å². The van der Waals surface area contributed by atoms with E-state index in [1.54, 1.807) is 4.90 Å². The molecule has 2 saturated heterocycles. The molecule has 2 amide bonds. The Labute approximate surface area is 158 Å². The van der Waals surface area contributed by atoms with Crippen molar-refractivity contribution in [2.75, 3.05) is 46.4 Å². The third-order valence-corrected chi connectivity index (χ3v) is 5.27. The van der Waals surface area contributed by atoms with Crippen LogP contribution in [-0.2, 0) is 27.2 Å². The quantitative estimate of drug-likeness (QED) is 0.775. The second-order valence-corrected chi connectivity index (χ2v) is 7.37. The lowest BCUT2D eigenvalue weighted by Crippen LogP contribution is -2.46. The summed E-state index contributed by atoms with van der Waals surface area (Å²) in [5.74, 6) is 0.393. The maximum atomic E-state index is 12.5. The first-order valence-corrected chi connectivity index (χ1v) is 9.57. The largest absolute Gasteiger partial charge is 0.437 e. The van der Waals surface area contributed by atoms with Crippen molar-refractivity contribution < 1.29 is 23.5 Å². The standard InChI is InChI=1S/C18H26N4O5/c1-21-6-8-25-12(10-21)9-19-16(23)17-20-13-11-22(5-4-14(13)27-17)18(24)15-3-2-7-26-15/h12,15H,2-11H2,1H3,(H,19,23)/t12-,15-/m0/s1. The molecule has 9 heteroatoms. The predicted molar refractivity (Wildman–Crippen MR) is 94.2 cm³/mol. The molecular formula is C18H26N4O5. The minimum atomic E-state index is -0.349. The molecule has 0 aromatic carbocycles. The number of aromatic nitrogens is 1. The van der Waals surface area contributed by atoms with Gasteiger partial charge in [-0.2, -0.15) is 0 Å². The van der Waals surface area contributed by atoms with Gasteiger partial charge in [0.25, 0.3) is 11.8 Å². The summed E-state index contributed by atoms with van der Waals surface area (Å²) in [6, 6.07) is 0. The summed E-state index contributed by atoms with van der Waals surface area (Å²) in [4.78, 5) is 33.1. The fourth-order valence-electron chi connectivity index (χ4n) is 3.73. The average molecular weight is 378 g/mol. The summed E-state index contributed by atoms with van der Waals surface area (Å²) in [6.45, 7) is 4.33. The SMILES string of the molecule is CN1CCO[C@@H](CNC(=O)c2nc3c(o2)CCN(C(=O)[C@@H]2CCCO2)C3)C1. The molecule has 0 unspecified atom stereocenters. The lowest BCUT2D eigenvalue weighted by molar-refractivity contribution is -0.142. The molecule has 4 rings (SSSR count). The van der Waals surface area contributed by atoms with Crippen molar-refractivity contribution in [3.63, 3.8) is 0 Å². The van der Waals surface area contributed by atoms with E-state index in [0.29, 0.717) is 50.7 Å². The lowest BCUT2D eigenvalue weighted by Gasteiger charge is -2.29. The molecule has 0 spiro atoms. The number of ether oxygens (including phenoxy) is 2. The number of likely N-dealkylation sites (N-methyl/N-ethyl adjacent to an activating group) is 1. The summed E-state index contributed by atoms with van der Waals surface area (Å²) in [7, 11) is 2.03. The summed E-state index contributed by atoms with van der Waals surface area (Å²) < 4.78 is 16.8. The Morgan fingerprint density at radius 2 is 2.15 bits per heavy atom. The molecule has 0 bridgehead atoms. The number of nitrogens with one attached hydrogen (secondary N) is 1. The number of carbonyl (C=O) groups is 2. The van der Waals surface area contributed by atoms with Gasteiger partial charge in [-0.3, -0.25) is 9.59 Å². The summed E-state index contributed by atoms with van der Waals surface area (Å²) in [6.07, 6.45) is 1.88. The van der Waals surface area contributed by atoms with E-state index in [4.69, 9.17) is 13.9 Å². The minimum absolute atomic E-state index is 0.00530. The first kappa shape index (κ1) is 18.4. The maximum absolute atomic E-state index is 12.5. The van der Waals surface area contributed by atoms with Crippen molar-refractivity contribution >= 4 is 11.8 Å². The molecule has 9 nitrogen and oxygen atoms in total. The Hall–Kier alpha value is -1.97. The van der Waals surface area contributed by atoms with Gasteiger partial charge in [-0.25, -0.2) is 4.98 Å². The molecule has 3 aliphatic heterocycles. The van der Waals surface area contributed by atoms with E-state index < -0.39 is 0 Å². The smallest absolute Gasteiger partial charge is 0.307 e. The van der Waals surface area contributed by atoms with Gasteiger partial charge in [0, 0.05) is 39.2 Å². The summed E-state index contributed by atoms with van der Waals surface area (Å²) in [5.41, 5.74) is 0.659. The monoisotopic (exact) mass is 378 g/mol. The fraction of sp³-hybridized carbons (Fsp3) is 0.722. The van der Waals surface area contributed by atoms with Crippen molar-refractivity contribution in [2.24, 2.45) is 0 Å². The van der Waals surface area contributed by atoms with E-state index in [-0.39, 0.29) is 29.9 Å². The van der Waals surface area contributed by atoms with E-state index in [2.05, 4.69) is 15.2 Å². The number of hydrogen-bond donors (Lipinski definition) is 1. The van der Waals surface area contributed by atoms with Gasteiger partial charge < -0.3 is 29.0 Å². The zero-order valence-corrected chi connectivity index (χ0v) is 15.6. The molecule has 1 N–H and O–H groups in total. The number of carbonyl (C=O) groups excluding carboxylic acids is 2. The van der Waals surface area contributed by atoms with Crippen molar-refractivity contribution in [2.45, 2.75) is 38.0 Å².